The van der Waals surface area contributed by atoms with Gasteiger partial charge in [-0.3, -0.25) is 0 Å². The van der Waals surface area contributed by atoms with Gasteiger partial charge in [0.15, 0.2) is 5.79 Å². The van der Waals surface area contributed by atoms with Crippen molar-refractivity contribution in [3.8, 4) is 6.07 Å². The largest absolute Gasteiger partial charge is 0.367 e. The number of hydrogen-bond acceptors (Lipinski definition) is 5. The lowest BCUT2D eigenvalue weighted by Gasteiger charge is -2.31. The number of pyridine rings is 1. The molecule has 2 aliphatic rings. The fourth-order valence-electron chi connectivity index (χ4n) is 2.85. The zero-order valence-corrected chi connectivity index (χ0v) is 11.5. The van der Waals surface area contributed by atoms with Crippen LogP contribution in [0.4, 0.5) is 5.82 Å². The van der Waals surface area contributed by atoms with Crippen LogP contribution in [-0.4, -0.2) is 30.0 Å². The first-order valence-electron chi connectivity index (χ1n) is 7.21. The molecular formula is C15H19N3O2. The molecule has 20 heavy (non-hydrogen) atoms. The highest BCUT2D eigenvalue weighted by molar-refractivity contribution is 5.38. The van der Waals surface area contributed by atoms with Crippen molar-refractivity contribution >= 4 is 5.82 Å². The second-order valence-corrected chi connectivity index (χ2v) is 5.45. The summed E-state index contributed by atoms with van der Waals surface area (Å²) in [6, 6.07) is 5.62. The van der Waals surface area contributed by atoms with Crippen LogP contribution < -0.4 is 5.32 Å². The summed E-state index contributed by atoms with van der Waals surface area (Å²) in [5, 5.41) is 12.0. The molecule has 1 aliphatic heterocycles. The second-order valence-electron chi connectivity index (χ2n) is 5.45. The Labute approximate surface area is 118 Å². The first kappa shape index (κ1) is 13.3. The number of nitriles is 1. The lowest BCUT2D eigenvalue weighted by molar-refractivity contribution is -0.185. The number of nitrogens with one attached hydrogen (secondary N) is 1. The van der Waals surface area contributed by atoms with Crippen LogP contribution in [0.1, 0.15) is 37.7 Å². The zero-order valence-electron chi connectivity index (χ0n) is 11.5. The third kappa shape index (κ3) is 2.92. The van der Waals surface area contributed by atoms with E-state index in [0.717, 1.165) is 18.7 Å². The highest BCUT2D eigenvalue weighted by Crippen LogP contribution is 2.37. The molecule has 5 nitrogen and oxygen atoms in total. The van der Waals surface area contributed by atoms with Gasteiger partial charge >= 0.3 is 0 Å². The predicted octanol–water partition coefficient (Wildman–Crippen LogP) is 2.44. The molecule has 2 heterocycles. The molecule has 0 amide bonds. The topological polar surface area (TPSA) is 67.2 Å². The minimum Gasteiger partial charge on any atom is -0.367 e. The predicted molar refractivity (Wildman–Crippen MR) is 74.1 cm³/mol. The number of rotatable bonds is 3. The number of ether oxygens (including phenoxy) is 2. The van der Waals surface area contributed by atoms with Crippen molar-refractivity contribution < 1.29 is 9.47 Å². The maximum atomic E-state index is 8.72. The molecule has 1 aromatic rings. The van der Waals surface area contributed by atoms with Gasteiger partial charge in [-0.2, -0.15) is 5.26 Å². The normalized spacial score (nSPS) is 24.4. The maximum Gasteiger partial charge on any atom is 0.168 e. The Morgan fingerprint density at radius 2 is 2.20 bits per heavy atom. The first-order chi connectivity index (χ1) is 9.80. The van der Waals surface area contributed by atoms with Crippen LogP contribution in [0.25, 0.3) is 0 Å². The highest BCUT2D eigenvalue weighted by Gasteiger charge is 2.41. The van der Waals surface area contributed by atoms with Crippen molar-refractivity contribution in [2.75, 3.05) is 18.5 Å². The molecule has 1 saturated heterocycles. The average Bonchev–Trinajstić information content (AvgIpc) is 2.89. The standard InChI is InChI=1S/C15H19N3O2/c16-8-12-4-5-14(17-9-12)18-10-13-11-19-15(20-13)6-2-1-3-7-15/h4-5,9,13H,1-3,6-7,10-11H2,(H,17,18)/t13-/m0/s1. The molecule has 3 rings (SSSR count). The summed E-state index contributed by atoms with van der Waals surface area (Å²) in [7, 11) is 0. The molecular weight excluding hydrogens is 254 g/mol. The van der Waals surface area contributed by atoms with Gasteiger partial charge in [0.2, 0.25) is 0 Å². The SMILES string of the molecule is N#Cc1ccc(NC[C@H]2COC3(CCCCC3)O2)nc1. The second kappa shape index (κ2) is 5.78. The molecule has 0 bridgehead atoms. The molecule has 1 atom stereocenters. The zero-order chi connectivity index (χ0) is 13.8. The Balaban J connectivity index is 1.50. The quantitative estimate of drug-likeness (QED) is 0.916. The van der Waals surface area contributed by atoms with E-state index in [2.05, 4.69) is 16.4 Å². The van der Waals surface area contributed by atoms with E-state index in [1.165, 1.54) is 19.3 Å². The first-order valence-corrected chi connectivity index (χ1v) is 7.21. The summed E-state index contributed by atoms with van der Waals surface area (Å²) in [4.78, 5) is 4.18. The van der Waals surface area contributed by atoms with Crippen LogP contribution in [0.5, 0.6) is 0 Å². The van der Waals surface area contributed by atoms with E-state index >= 15 is 0 Å². The van der Waals surface area contributed by atoms with E-state index in [4.69, 9.17) is 14.7 Å². The van der Waals surface area contributed by atoms with E-state index in [-0.39, 0.29) is 11.9 Å². The Bertz CT molecular complexity index is 489. The third-order valence-electron chi connectivity index (χ3n) is 3.93. The van der Waals surface area contributed by atoms with Crippen LogP contribution in [0, 0.1) is 11.3 Å². The Kier molecular flexibility index (Phi) is 3.86. The van der Waals surface area contributed by atoms with Crippen molar-refractivity contribution in [3.63, 3.8) is 0 Å². The van der Waals surface area contributed by atoms with Crippen molar-refractivity contribution in [2.24, 2.45) is 0 Å². The fraction of sp³-hybridized carbons (Fsp3) is 0.600. The van der Waals surface area contributed by atoms with E-state index < -0.39 is 0 Å². The monoisotopic (exact) mass is 273 g/mol. The Hall–Kier alpha value is -1.64. The van der Waals surface area contributed by atoms with Gasteiger partial charge in [0, 0.05) is 25.6 Å². The van der Waals surface area contributed by atoms with Crippen LogP contribution in [-0.2, 0) is 9.47 Å². The Morgan fingerprint density at radius 1 is 1.35 bits per heavy atom. The molecule has 0 radical (unpaired) electrons. The van der Waals surface area contributed by atoms with Gasteiger partial charge < -0.3 is 14.8 Å². The number of aromatic nitrogens is 1. The molecule has 0 unspecified atom stereocenters. The smallest absolute Gasteiger partial charge is 0.168 e. The lowest BCUT2D eigenvalue weighted by Crippen LogP contribution is -2.34. The molecule has 1 aromatic heterocycles. The molecule has 1 spiro atoms. The van der Waals surface area contributed by atoms with E-state index in [9.17, 15) is 0 Å². The molecule has 5 heteroatoms. The third-order valence-corrected chi connectivity index (χ3v) is 3.93. The van der Waals surface area contributed by atoms with Crippen LogP contribution in [0.2, 0.25) is 0 Å². The molecule has 0 aromatic carbocycles. The lowest BCUT2D eigenvalue weighted by atomic mass is 9.94. The van der Waals surface area contributed by atoms with Gasteiger partial charge in [-0.25, -0.2) is 4.98 Å². The van der Waals surface area contributed by atoms with Crippen LogP contribution in [0.3, 0.4) is 0 Å². The van der Waals surface area contributed by atoms with Crippen molar-refractivity contribution in [3.05, 3.63) is 23.9 Å². The summed E-state index contributed by atoms with van der Waals surface area (Å²) in [5.74, 6) is 0.445. The molecule has 1 aliphatic carbocycles. The molecule has 1 N–H and O–H groups in total. The Morgan fingerprint density at radius 3 is 2.90 bits per heavy atom. The van der Waals surface area contributed by atoms with Crippen molar-refractivity contribution in [1.29, 1.82) is 5.26 Å². The summed E-state index contributed by atoms with van der Waals surface area (Å²) >= 11 is 0. The van der Waals surface area contributed by atoms with Crippen LogP contribution >= 0.6 is 0 Å². The van der Waals surface area contributed by atoms with Crippen molar-refractivity contribution in [2.45, 2.75) is 44.0 Å². The van der Waals surface area contributed by atoms with E-state index in [1.807, 2.05) is 6.07 Å². The maximum absolute atomic E-state index is 8.72. The van der Waals surface area contributed by atoms with Gasteiger partial charge in [0.25, 0.3) is 0 Å². The summed E-state index contributed by atoms with van der Waals surface area (Å²) in [5.41, 5.74) is 0.567. The molecule has 2 fully saturated rings. The van der Waals surface area contributed by atoms with E-state index in [0.29, 0.717) is 18.7 Å². The van der Waals surface area contributed by atoms with Crippen LogP contribution in [0.15, 0.2) is 18.3 Å². The van der Waals surface area contributed by atoms with Crippen molar-refractivity contribution in [1.82, 2.24) is 4.98 Å². The summed E-state index contributed by atoms with van der Waals surface area (Å²) < 4.78 is 12.0. The number of nitrogens with zero attached hydrogens (tertiary/aromatic N) is 2. The number of hydrogen-bond donors (Lipinski definition) is 1. The fourth-order valence-corrected chi connectivity index (χ4v) is 2.85. The minimum atomic E-state index is -0.317. The van der Waals surface area contributed by atoms with Gasteiger partial charge in [0.1, 0.15) is 18.0 Å². The highest BCUT2D eigenvalue weighted by atomic mass is 16.7. The van der Waals surface area contributed by atoms with E-state index in [1.54, 1.807) is 12.3 Å². The van der Waals surface area contributed by atoms with Gasteiger partial charge in [-0.1, -0.05) is 6.42 Å². The average molecular weight is 273 g/mol. The minimum absolute atomic E-state index is 0.0746. The summed E-state index contributed by atoms with van der Waals surface area (Å²) in [6.45, 7) is 1.32. The summed E-state index contributed by atoms with van der Waals surface area (Å²) in [6.07, 6.45) is 7.33. The van der Waals surface area contributed by atoms with Gasteiger partial charge in [0.05, 0.1) is 12.2 Å². The molecule has 106 valence electrons. The van der Waals surface area contributed by atoms with Gasteiger partial charge in [-0.05, 0) is 25.0 Å². The number of anilines is 1. The van der Waals surface area contributed by atoms with Gasteiger partial charge in [-0.15, -0.1) is 0 Å². The molecule has 1 saturated carbocycles.